The Morgan fingerprint density at radius 1 is 1.27 bits per heavy atom. The predicted octanol–water partition coefficient (Wildman–Crippen LogP) is 4.13. The molecule has 7 nitrogen and oxygen atoms in total. The third-order valence-corrected chi connectivity index (χ3v) is 7.20. The van der Waals surface area contributed by atoms with E-state index in [9.17, 15) is 0 Å². The summed E-state index contributed by atoms with van der Waals surface area (Å²) in [5.41, 5.74) is 10.0. The third-order valence-electron chi connectivity index (χ3n) is 7.20. The molecule has 5 atom stereocenters. The van der Waals surface area contributed by atoms with Crippen molar-refractivity contribution < 1.29 is 9.47 Å². The van der Waals surface area contributed by atoms with E-state index in [1.54, 1.807) is 12.7 Å². The highest BCUT2D eigenvalue weighted by Crippen LogP contribution is 2.36. The summed E-state index contributed by atoms with van der Waals surface area (Å²) in [5, 5.41) is 0. The maximum Gasteiger partial charge on any atom is 0.301 e. The minimum atomic E-state index is -0.286. The van der Waals surface area contributed by atoms with Gasteiger partial charge in [0.25, 0.3) is 0 Å². The number of hydrogen-bond acceptors (Lipinski definition) is 5. The van der Waals surface area contributed by atoms with Crippen LogP contribution in [0.3, 0.4) is 0 Å². The first-order valence-electron chi connectivity index (χ1n) is 12.2. The van der Waals surface area contributed by atoms with Gasteiger partial charge in [0.15, 0.2) is 6.23 Å². The summed E-state index contributed by atoms with van der Waals surface area (Å²) in [4.78, 5) is 9.15. The second kappa shape index (κ2) is 10.1. The fourth-order valence-electron chi connectivity index (χ4n) is 5.37. The molecule has 0 saturated carbocycles. The van der Waals surface area contributed by atoms with Gasteiger partial charge in [-0.15, -0.1) is 0 Å². The van der Waals surface area contributed by atoms with Crippen LogP contribution in [0.5, 0.6) is 0 Å². The molecule has 0 bridgehead atoms. The van der Waals surface area contributed by atoms with E-state index < -0.39 is 0 Å². The standard InChI is InChI=1S/C26H35N5O2/c1-18-16-31(17-28-18)23-13-12-20(14-24(23)32-2)25-29-30-26(33-25)27-15-21-10-6-7-11-22(21)19-8-4-3-5-9-19/h6-8,12-14,16-17,21-25,29H,3-5,9-11,15H2,1-2H3,(H,27,30). The lowest BCUT2D eigenvalue weighted by Gasteiger charge is -2.31. The normalized spacial score (nSPS) is 32.9. The first-order chi connectivity index (χ1) is 16.2. The van der Waals surface area contributed by atoms with Crippen LogP contribution in [-0.4, -0.2) is 41.6 Å². The van der Waals surface area contributed by atoms with Gasteiger partial charge in [-0.1, -0.05) is 36.0 Å². The molecule has 3 aliphatic carbocycles. The lowest BCUT2D eigenvalue weighted by molar-refractivity contribution is 0.105. The summed E-state index contributed by atoms with van der Waals surface area (Å²) < 4.78 is 14.0. The number of nitrogens with one attached hydrogen (secondary N) is 2. The molecule has 0 spiro atoms. The monoisotopic (exact) mass is 449 g/mol. The van der Waals surface area contributed by atoms with Crippen molar-refractivity contribution in [3.05, 3.63) is 65.8 Å². The zero-order valence-electron chi connectivity index (χ0n) is 19.6. The summed E-state index contributed by atoms with van der Waals surface area (Å²) in [7, 11) is 1.74. The first kappa shape index (κ1) is 22.2. The Kier molecular flexibility index (Phi) is 6.78. The minimum Gasteiger partial charge on any atom is -0.439 e. The summed E-state index contributed by atoms with van der Waals surface area (Å²) in [6.45, 7) is 2.77. The van der Waals surface area contributed by atoms with E-state index in [1.807, 2.05) is 19.4 Å². The Labute approximate surface area is 196 Å². The van der Waals surface area contributed by atoms with E-state index in [2.05, 4.69) is 56.9 Å². The van der Waals surface area contributed by atoms with Crippen molar-refractivity contribution >= 4 is 6.02 Å². The molecule has 2 heterocycles. The van der Waals surface area contributed by atoms with Crippen LogP contribution in [0.25, 0.3) is 0 Å². The van der Waals surface area contributed by atoms with Gasteiger partial charge in [0, 0.05) is 25.4 Å². The minimum absolute atomic E-state index is 0.0767. The summed E-state index contributed by atoms with van der Waals surface area (Å²) in [5.74, 6) is 1.17. The van der Waals surface area contributed by atoms with Crippen LogP contribution < -0.4 is 10.9 Å². The molecule has 1 saturated heterocycles. The zero-order chi connectivity index (χ0) is 22.6. The molecule has 0 aromatic carbocycles. The molecule has 1 aromatic rings. The van der Waals surface area contributed by atoms with Crippen molar-refractivity contribution in [2.75, 3.05) is 13.7 Å². The summed E-state index contributed by atoms with van der Waals surface area (Å²) in [6, 6.07) is 0.648. The topological polar surface area (TPSA) is 72.7 Å². The van der Waals surface area contributed by atoms with Crippen LogP contribution in [0, 0.1) is 18.8 Å². The number of allylic oxidation sites excluding steroid dienone is 4. The van der Waals surface area contributed by atoms with Gasteiger partial charge in [-0.25, -0.2) is 9.98 Å². The van der Waals surface area contributed by atoms with Crippen LogP contribution >= 0.6 is 0 Å². The quantitative estimate of drug-likeness (QED) is 0.639. The highest BCUT2D eigenvalue weighted by Gasteiger charge is 2.30. The molecule has 5 unspecified atom stereocenters. The molecular formula is C26H35N5O2. The number of rotatable bonds is 6. The molecule has 33 heavy (non-hydrogen) atoms. The number of ether oxygens (including phenoxy) is 2. The van der Waals surface area contributed by atoms with Crippen molar-refractivity contribution in [3.8, 4) is 0 Å². The van der Waals surface area contributed by atoms with Crippen LogP contribution in [0.15, 0.2) is 65.1 Å². The number of aryl methyl sites for hydroxylation is 1. The predicted molar refractivity (Wildman–Crippen MR) is 129 cm³/mol. The lowest BCUT2D eigenvalue weighted by Crippen LogP contribution is -2.34. The average Bonchev–Trinajstić information content (AvgIpc) is 3.52. The molecule has 4 aliphatic rings. The third kappa shape index (κ3) is 4.99. The Hall–Kier alpha value is -2.64. The van der Waals surface area contributed by atoms with Gasteiger partial charge >= 0.3 is 6.02 Å². The van der Waals surface area contributed by atoms with Gasteiger partial charge in [-0.05, 0) is 63.4 Å². The molecule has 1 aliphatic heterocycles. The Morgan fingerprint density at radius 3 is 2.97 bits per heavy atom. The maximum absolute atomic E-state index is 6.11. The number of imidazole rings is 1. The van der Waals surface area contributed by atoms with E-state index in [0.717, 1.165) is 30.7 Å². The van der Waals surface area contributed by atoms with Crippen LogP contribution in [0.4, 0.5) is 0 Å². The lowest BCUT2D eigenvalue weighted by atomic mass is 9.75. The van der Waals surface area contributed by atoms with Crippen LogP contribution in [0.1, 0.15) is 50.3 Å². The Balaban J connectivity index is 1.21. The fourth-order valence-corrected chi connectivity index (χ4v) is 5.37. The molecule has 0 radical (unpaired) electrons. The van der Waals surface area contributed by atoms with E-state index in [4.69, 9.17) is 14.5 Å². The first-order valence-corrected chi connectivity index (χ1v) is 12.2. The average molecular weight is 450 g/mol. The summed E-state index contributed by atoms with van der Waals surface area (Å²) >= 11 is 0. The van der Waals surface area contributed by atoms with E-state index in [1.165, 1.54) is 25.7 Å². The number of nitrogens with zero attached hydrogens (tertiary/aromatic N) is 3. The fraction of sp³-hybridized carbons (Fsp3) is 0.538. The second-order valence-electron chi connectivity index (χ2n) is 9.43. The molecule has 1 fully saturated rings. The highest BCUT2D eigenvalue weighted by atomic mass is 16.5. The van der Waals surface area contributed by atoms with Gasteiger partial charge in [-0.3, -0.25) is 5.43 Å². The molecule has 176 valence electrons. The number of hydrazine groups is 1. The van der Waals surface area contributed by atoms with Crippen LogP contribution in [0.2, 0.25) is 0 Å². The summed E-state index contributed by atoms with van der Waals surface area (Å²) in [6.07, 6.45) is 24.4. The smallest absolute Gasteiger partial charge is 0.301 e. The van der Waals surface area contributed by atoms with Gasteiger partial charge in [-0.2, -0.15) is 5.43 Å². The van der Waals surface area contributed by atoms with Crippen molar-refractivity contribution in [1.29, 1.82) is 0 Å². The Morgan fingerprint density at radius 2 is 2.18 bits per heavy atom. The van der Waals surface area contributed by atoms with Crippen LogP contribution in [-0.2, 0) is 9.47 Å². The van der Waals surface area contributed by atoms with Gasteiger partial charge in [0.1, 0.15) is 6.10 Å². The number of aromatic nitrogens is 2. The number of amidine groups is 1. The molecule has 5 rings (SSSR count). The number of methoxy groups -OCH3 is 1. The number of hydrogen-bond donors (Lipinski definition) is 2. The molecule has 7 heteroatoms. The maximum atomic E-state index is 6.11. The van der Waals surface area contributed by atoms with Crippen molar-refractivity contribution in [3.63, 3.8) is 0 Å². The van der Waals surface area contributed by atoms with Gasteiger partial charge in [0.2, 0.25) is 0 Å². The molecule has 1 aromatic heterocycles. The molecule has 2 N–H and O–H groups in total. The SMILES string of the molecule is COC1C=C(C2NNC(=NCC3CC=CCC3C3=CCCCC3)O2)C=CC1n1cnc(C)c1. The van der Waals surface area contributed by atoms with Crippen molar-refractivity contribution in [2.24, 2.45) is 16.8 Å². The highest BCUT2D eigenvalue weighted by molar-refractivity contribution is 5.75. The largest absolute Gasteiger partial charge is 0.439 e. The molecular weight excluding hydrogens is 414 g/mol. The van der Waals surface area contributed by atoms with E-state index >= 15 is 0 Å². The Bertz CT molecular complexity index is 989. The zero-order valence-corrected chi connectivity index (χ0v) is 19.6. The van der Waals surface area contributed by atoms with Crippen molar-refractivity contribution in [2.45, 2.75) is 63.8 Å². The van der Waals surface area contributed by atoms with E-state index in [-0.39, 0.29) is 18.4 Å². The molecule has 0 amide bonds. The van der Waals surface area contributed by atoms with Gasteiger partial charge < -0.3 is 14.0 Å². The van der Waals surface area contributed by atoms with E-state index in [0.29, 0.717) is 17.9 Å². The second-order valence-corrected chi connectivity index (χ2v) is 9.43. The number of aliphatic imine (C=N–C) groups is 1. The van der Waals surface area contributed by atoms with Crippen molar-refractivity contribution in [1.82, 2.24) is 20.4 Å². The van der Waals surface area contributed by atoms with Gasteiger partial charge in [0.05, 0.1) is 18.1 Å².